The fraction of sp³-hybridized carbons (Fsp3) is 0.0909. The number of carbonyl (C=O) groups is 1. The van der Waals surface area contributed by atoms with Crippen molar-refractivity contribution in [2.75, 3.05) is 7.11 Å². The number of thiazole rings is 1. The molecule has 5 heteroatoms. The van der Waals surface area contributed by atoms with Crippen LogP contribution in [0.4, 0.5) is 0 Å². The summed E-state index contributed by atoms with van der Waals surface area (Å²) < 4.78 is 5.03. The molecule has 0 amide bonds. The van der Waals surface area contributed by atoms with E-state index in [9.17, 15) is 9.90 Å². The van der Waals surface area contributed by atoms with Crippen molar-refractivity contribution in [1.82, 2.24) is 4.98 Å². The van der Waals surface area contributed by atoms with Crippen molar-refractivity contribution in [1.29, 1.82) is 0 Å². The number of benzene rings is 1. The third-order valence-electron chi connectivity index (χ3n) is 2.06. The zero-order valence-electron chi connectivity index (χ0n) is 8.47. The molecule has 0 aliphatic heterocycles. The highest BCUT2D eigenvalue weighted by atomic mass is 32.1. The number of aromatic nitrogens is 1. The number of carboxylic acids is 1. The van der Waals surface area contributed by atoms with Crippen LogP contribution in [-0.2, 0) is 0 Å². The summed E-state index contributed by atoms with van der Waals surface area (Å²) >= 11 is 1.06. The zero-order valence-corrected chi connectivity index (χ0v) is 9.28. The average Bonchev–Trinajstić information content (AvgIpc) is 2.78. The van der Waals surface area contributed by atoms with Crippen molar-refractivity contribution >= 4 is 17.3 Å². The van der Waals surface area contributed by atoms with Crippen LogP contribution in [0.1, 0.15) is 9.80 Å². The van der Waals surface area contributed by atoms with E-state index in [0.29, 0.717) is 5.69 Å². The van der Waals surface area contributed by atoms with Crippen molar-refractivity contribution in [3.63, 3.8) is 0 Å². The number of hydrogen-bond acceptors (Lipinski definition) is 5. The third kappa shape index (κ3) is 2.04. The monoisotopic (exact) mass is 234 g/mol. The van der Waals surface area contributed by atoms with E-state index in [1.54, 1.807) is 24.6 Å². The number of carbonyl (C=O) groups excluding carboxylic acids is 1. The predicted octanol–water partition coefficient (Wildman–Crippen LogP) is 1.18. The average molecular weight is 234 g/mol. The van der Waals surface area contributed by atoms with E-state index in [1.807, 2.05) is 12.1 Å². The van der Waals surface area contributed by atoms with Gasteiger partial charge in [0.05, 0.1) is 12.8 Å². The lowest BCUT2D eigenvalue weighted by Crippen LogP contribution is -2.21. The molecule has 4 nitrogen and oxygen atoms in total. The first-order chi connectivity index (χ1) is 7.70. The Morgan fingerprint density at radius 1 is 1.38 bits per heavy atom. The number of hydrogen-bond donors (Lipinski definition) is 0. The Bertz CT molecular complexity index is 504. The molecule has 0 aliphatic carbocycles. The van der Waals surface area contributed by atoms with Gasteiger partial charge in [-0.3, -0.25) is 0 Å². The molecule has 1 heterocycles. The molecule has 0 spiro atoms. The van der Waals surface area contributed by atoms with Crippen LogP contribution in [0.2, 0.25) is 0 Å². The summed E-state index contributed by atoms with van der Waals surface area (Å²) in [5.74, 6) is -0.496. The molecule has 1 aromatic heterocycles. The molecular formula is C11H8NO3S-. The van der Waals surface area contributed by atoms with E-state index in [4.69, 9.17) is 4.74 Å². The van der Waals surface area contributed by atoms with Gasteiger partial charge in [0, 0.05) is 10.9 Å². The number of carboxylic acid groups (broad SMARTS) is 1. The molecule has 0 aliphatic rings. The van der Waals surface area contributed by atoms with Gasteiger partial charge in [-0.1, -0.05) is 0 Å². The molecule has 0 saturated heterocycles. The smallest absolute Gasteiger partial charge is 0.139 e. The minimum Gasteiger partial charge on any atom is -0.542 e. The van der Waals surface area contributed by atoms with Gasteiger partial charge >= 0.3 is 0 Å². The molecule has 0 N–H and O–H groups in total. The summed E-state index contributed by atoms with van der Waals surface area (Å²) in [6.45, 7) is 0. The lowest BCUT2D eigenvalue weighted by atomic mass is 10.2. The lowest BCUT2D eigenvalue weighted by molar-refractivity contribution is -0.255. The summed E-state index contributed by atoms with van der Waals surface area (Å²) in [6, 6.07) is 7.25. The largest absolute Gasteiger partial charge is 0.542 e. The van der Waals surface area contributed by atoms with Gasteiger partial charge in [-0.15, -0.1) is 11.3 Å². The highest BCUT2D eigenvalue weighted by Gasteiger charge is 2.04. The van der Waals surface area contributed by atoms with Crippen molar-refractivity contribution in [2.24, 2.45) is 0 Å². The fourth-order valence-electron chi connectivity index (χ4n) is 1.26. The highest BCUT2D eigenvalue weighted by molar-refractivity contribution is 7.11. The van der Waals surface area contributed by atoms with Gasteiger partial charge in [0.1, 0.15) is 16.7 Å². The van der Waals surface area contributed by atoms with Gasteiger partial charge in [0.25, 0.3) is 0 Å². The quantitative estimate of drug-likeness (QED) is 0.800. The highest BCUT2D eigenvalue weighted by Crippen LogP contribution is 2.23. The van der Waals surface area contributed by atoms with Gasteiger partial charge in [-0.05, 0) is 24.3 Å². The van der Waals surface area contributed by atoms with Crippen LogP contribution < -0.4 is 9.84 Å². The van der Waals surface area contributed by atoms with Gasteiger partial charge in [-0.25, -0.2) is 4.98 Å². The minimum atomic E-state index is -1.25. The summed E-state index contributed by atoms with van der Waals surface area (Å²) in [7, 11) is 1.59. The van der Waals surface area contributed by atoms with E-state index in [1.165, 1.54) is 0 Å². The summed E-state index contributed by atoms with van der Waals surface area (Å²) in [4.78, 5) is 14.5. The second kappa shape index (κ2) is 4.32. The first-order valence-corrected chi connectivity index (χ1v) is 5.40. The van der Waals surface area contributed by atoms with E-state index < -0.39 is 5.97 Å². The van der Waals surface area contributed by atoms with Crippen LogP contribution in [0, 0.1) is 0 Å². The Balaban J connectivity index is 2.31. The molecule has 0 fully saturated rings. The number of methoxy groups -OCH3 is 1. The Morgan fingerprint density at radius 2 is 2.06 bits per heavy atom. The number of ether oxygens (including phenoxy) is 1. The molecule has 82 valence electrons. The molecule has 0 atom stereocenters. The number of nitrogens with zero attached hydrogens (tertiary/aromatic N) is 1. The van der Waals surface area contributed by atoms with Crippen LogP contribution in [0.3, 0.4) is 0 Å². The van der Waals surface area contributed by atoms with Crippen molar-refractivity contribution in [3.05, 3.63) is 34.7 Å². The van der Waals surface area contributed by atoms with Crippen LogP contribution in [-0.4, -0.2) is 18.1 Å². The van der Waals surface area contributed by atoms with Gasteiger partial charge < -0.3 is 14.6 Å². The SMILES string of the molecule is COc1ccc(-c2csc(C(=O)[O-])n2)cc1. The fourth-order valence-corrected chi connectivity index (χ4v) is 1.92. The summed E-state index contributed by atoms with van der Waals surface area (Å²) in [5.41, 5.74) is 1.48. The molecule has 0 saturated carbocycles. The van der Waals surface area contributed by atoms with Crippen LogP contribution >= 0.6 is 11.3 Å². The van der Waals surface area contributed by atoms with Crippen molar-refractivity contribution in [3.8, 4) is 17.0 Å². The standard InChI is InChI=1S/C11H9NO3S/c1-15-8-4-2-7(3-5-8)9-6-16-10(12-9)11(13)14/h2-6H,1H3,(H,13,14)/p-1. The molecule has 16 heavy (non-hydrogen) atoms. The third-order valence-corrected chi connectivity index (χ3v) is 2.89. The van der Waals surface area contributed by atoms with Crippen LogP contribution in [0.5, 0.6) is 5.75 Å². The lowest BCUT2D eigenvalue weighted by Gasteiger charge is -2.00. The summed E-state index contributed by atoms with van der Waals surface area (Å²) in [6.07, 6.45) is 0. The molecule has 2 rings (SSSR count). The van der Waals surface area contributed by atoms with E-state index in [-0.39, 0.29) is 5.01 Å². The van der Waals surface area contributed by atoms with E-state index >= 15 is 0 Å². The predicted molar refractivity (Wildman–Crippen MR) is 58.4 cm³/mol. The van der Waals surface area contributed by atoms with Crippen molar-refractivity contribution < 1.29 is 14.6 Å². The molecule has 2 aromatic rings. The van der Waals surface area contributed by atoms with E-state index in [2.05, 4.69) is 4.98 Å². The topological polar surface area (TPSA) is 62.2 Å². The molecule has 0 unspecified atom stereocenters. The molecule has 1 aromatic carbocycles. The van der Waals surface area contributed by atoms with Gasteiger partial charge in [0.2, 0.25) is 0 Å². The first-order valence-electron chi connectivity index (χ1n) is 4.52. The number of rotatable bonds is 3. The van der Waals surface area contributed by atoms with Crippen LogP contribution in [0.15, 0.2) is 29.6 Å². The number of aromatic carboxylic acids is 1. The Hall–Kier alpha value is -1.88. The molecule has 0 bridgehead atoms. The van der Waals surface area contributed by atoms with Crippen LogP contribution in [0.25, 0.3) is 11.3 Å². The Labute approximate surface area is 96.1 Å². The first kappa shape index (κ1) is 10.6. The normalized spacial score (nSPS) is 10.1. The van der Waals surface area contributed by atoms with Gasteiger partial charge in [0.15, 0.2) is 0 Å². The molecule has 0 radical (unpaired) electrons. The minimum absolute atomic E-state index is 0.00850. The Morgan fingerprint density at radius 3 is 2.56 bits per heavy atom. The second-order valence-electron chi connectivity index (χ2n) is 3.05. The summed E-state index contributed by atoms with van der Waals surface area (Å²) in [5, 5.41) is 12.2. The van der Waals surface area contributed by atoms with E-state index in [0.717, 1.165) is 22.6 Å². The maximum absolute atomic E-state index is 10.6. The second-order valence-corrected chi connectivity index (χ2v) is 3.91. The van der Waals surface area contributed by atoms with Crippen molar-refractivity contribution in [2.45, 2.75) is 0 Å². The zero-order chi connectivity index (χ0) is 11.5. The maximum atomic E-state index is 10.6. The Kier molecular flexibility index (Phi) is 2.87. The van der Waals surface area contributed by atoms with Gasteiger partial charge in [-0.2, -0.15) is 0 Å². The molecular weight excluding hydrogens is 226 g/mol. The maximum Gasteiger partial charge on any atom is 0.139 e.